The summed E-state index contributed by atoms with van der Waals surface area (Å²) in [5.74, 6) is -0.339. The van der Waals surface area contributed by atoms with Crippen LogP contribution in [0.25, 0.3) is 0 Å². The van der Waals surface area contributed by atoms with E-state index < -0.39 is 5.90 Å². The van der Waals surface area contributed by atoms with Gasteiger partial charge in [0.15, 0.2) is 0 Å². The number of nitrogens with zero attached hydrogens (tertiary/aromatic N) is 3. The van der Waals surface area contributed by atoms with Gasteiger partial charge in [0.2, 0.25) is 11.8 Å². The molecule has 1 aromatic carbocycles. The third-order valence-electron chi connectivity index (χ3n) is 2.37. The predicted octanol–water partition coefficient (Wildman–Crippen LogP) is -0.0871. The topological polar surface area (TPSA) is 85.6 Å². The van der Waals surface area contributed by atoms with Crippen molar-refractivity contribution in [3.8, 4) is 0 Å². The maximum Gasteiger partial charge on any atom is 0.326 e. The van der Waals surface area contributed by atoms with Crippen molar-refractivity contribution in [3.63, 3.8) is 0 Å². The maximum atomic E-state index is 10.9. The van der Waals surface area contributed by atoms with Gasteiger partial charge in [-0.1, -0.05) is 30.3 Å². The molecule has 1 N–H and O–H groups in total. The summed E-state index contributed by atoms with van der Waals surface area (Å²) >= 11 is 0. The second kappa shape index (κ2) is 5.42. The van der Waals surface area contributed by atoms with E-state index >= 15 is 0 Å². The Hall–Kier alpha value is -2.21. The Balaban J connectivity index is 2.29. The number of hydrogen-bond acceptors (Lipinski definition) is 5. The molecule has 0 aliphatic carbocycles. The fraction of sp³-hybridized carbons (Fsp3) is 0.250. The van der Waals surface area contributed by atoms with E-state index in [4.69, 9.17) is 4.52 Å². The van der Waals surface area contributed by atoms with Crippen LogP contribution in [0, 0.1) is 0 Å². The Labute approximate surface area is 104 Å². The first-order chi connectivity index (χ1) is 8.70. The molecule has 18 heavy (non-hydrogen) atoms. The smallest absolute Gasteiger partial charge is 0.326 e. The van der Waals surface area contributed by atoms with Gasteiger partial charge < -0.3 is 10.2 Å². The van der Waals surface area contributed by atoms with E-state index in [2.05, 4.69) is 10.3 Å². The number of rotatable bonds is 4. The molecule has 0 aliphatic heterocycles. The summed E-state index contributed by atoms with van der Waals surface area (Å²) in [5, 5.41) is 24.0. The number of aliphatic imine (C=N–C) groups is 1. The minimum atomic E-state index is -0.396. The first kappa shape index (κ1) is 12.3. The molecule has 94 valence electrons. The molecular formula is C12H13N3O3. The number of aliphatic hydroxyl groups is 1. The van der Waals surface area contributed by atoms with Crippen molar-refractivity contribution >= 4 is 11.8 Å². The van der Waals surface area contributed by atoms with Gasteiger partial charge in [0.05, 0.1) is 0 Å². The van der Waals surface area contributed by atoms with Crippen LogP contribution in [0.1, 0.15) is 18.2 Å². The van der Waals surface area contributed by atoms with Crippen molar-refractivity contribution in [1.29, 1.82) is 0 Å². The predicted molar refractivity (Wildman–Crippen MR) is 60.9 cm³/mol. The molecule has 0 aliphatic rings. The molecule has 0 fully saturated rings. The van der Waals surface area contributed by atoms with Crippen molar-refractivity contribution in [1.82, 2.24) is 5.27 Å². The van der Waals surface area contributed by atoms with Gasteiger partial charge >= 0.3 is 11.6 Å². The van der Waals surface area contributed by atoms with Crippen LogP contribution in [0.2, 0.25) is 0 Å². The molecule has 0 bridgehead atoms. The molecule has 0 amide bonds. The van der Waals surface area contributed by atoms with Crippen molar-refractivity contribution in [3.05, 3.63) is 41.6 Å². The van der Waals surface area contributed by atoms with Crippen molar-refractivity contribution in [2.75, 3.05) is 0 Å². The summed E-state index contributed by atoms with van der Waals surface area (Å²) in [7, 11) is 0. The summed E-state index contributed by atoms with van der Waals surface area (Å²) in [4.78, 5) is 3.64. The van der Waals surface area contributed by atoms with E-state index in [1.807, 2.05) is 30.3 Å². The Morgan fingerprint density at radius 3 is 2.78 bits per heavy atom. The van der Waals surface area contributed by atoms with E-state index in [0.717, 1.165) is 5.56 Å². The number of benzene rings is 1. The third-order valence-corrected chi connectivity index (χ3v) is 2.37. The van der Waals surface area contributed by atoms with Crippen LogP contribution < -0.4 is 9.79 Å². The van der Waals surface area contributed by atoms with Gasteiger partial charge in [-0.15, -0.1) is 0 Å². The lowest BCUT2D eigenvalue weighted by molar-refractivity contribution is -0.762. The minimum absolute atomic E-state index is 0.0564. The highest BCUT2D eigenvalue weighted by Gasteiger charge is 2.23. The summed E-state index contributed by atoms with van der Waals surface area (Å²) in [6.07, 6.45) is 0. The van der Waals surface area contributed by atoms with E-state index in [9.17, 15) is 10.2 Å². The maximum absolute atomic E-state index is 10.9. The Morgan fingerprint density at radius 1 is 1.44 bits per heavy atom. The molecule has 6 heteroatoms. The van der Waals surface area contributed by atoms with Gasteiger partial charge in [0.25, 0.3) is 0 Å². The Morgan fingerprint density at radius 2 is 2.17 bits per heavy atom. The van der Waals surface area contributed by atoms with Crippen LogP contribution in [-0.2, 0) is 13.2 Å². The van der Waals surface area contributed by atoms with E-state index in [0.29, 0.717) is 12.2 Å². The highest BCUT2D eigenvalue weighted by molar-refractivity contribution is 5.71. The molecule has 1 aromatic heterocycles. The minimum Gasteiger partial charge on any atom is -0.862 e. The second-order valence-corrected chi connectivity index (χ2v) is 3.76. The highest BCUT2D eigenvalue weighted by atomic mass is 16.5. The zero-order valence-corrected chi connectivity index (χ0v) is 9.91. The largest absolute Gasteiger partial charge is 0.862 e. The van der Waals surface area contributed by atoms with Crippen LogP contribution in [-0.4, -0.2) is 16.3 Å². The first-order valence-electron chi connectivity index (χ1n) is 5.46. The van der Waals surface area contributed by atoms with Gasteiger partial charge in [-0.25, -0.2) is 4.99 Å². The van der Waals surface area contributed by atoms with Crippen LogP contribution >= 0.6 is 0 Å². The molecular weight excluding hydrogens is 234 g/mol. The molecule has 0 saturated carbocycles. The molecule has 2 aromatic rings. The molecule has 0 saturated heterocycles. The summed E-state index contributed by atoms with van der Waals surface area (Å²) in [5.41, 5.74) is 1.40. The lowest BCUT2D eigenvalue weighted by Gasteiger charge is -1.98. The average Bonchev–Trinajstić information content (AvgIpc) is 2.72. The average molecular weight is 247 g/mol. The normalized spacial score (nSPS) is 11.8. The van der Waals surface area contributed by atoms with Crippen LogP contribution in [0.4, 0.5) is 5.88 Å². The van der Waals surface area contributed by atoms with Gasteiger partial charge in [-0.2, -0.15) is 0 Å². The van der Waals surface area contributed by atoms with Crippen molar-refractivity contribution < 1.29 is 19.4 Å². The number of aromatic nitrogens is 2. The molecule has 1 heterocycles. The zero-order valence-electron chi connectivity index (χ0n) is 9.91. The number of hydrogen-bond donors (Lipinski definition) is 1. The van der Waals surface area contributed by atoms with E-state index in [-0.39, 0.29) is 12.5 Å². The van der Waals surface area contributed by atoms with Gasteiger partial charge in [-0.3, -0.25) is 4.52 Å². The third kappa shape index (κ3) is 2.72. The Bertz CT molecular complexity index is 545. The molecule has 0 spiro atoms. The molecule has 0 unspecified atom stereocenters. The lowest BCUT2D eigenvalue weighted by atomic mass is 10.2. The van der Waals surface area contributed by atoms with Crippen LogP contribution in [0.15, 0.2) is 39.8 Å². The highest BCUT2D eigenvalue weighted by Crippen LogP contribution is 2.14. The van der Waals surface area contributed by atoms with Crippen molar-refractivity contribution in [2.24, 2.45) is 4.99 Å². The monoisotopic (exact) mass is 247 g/mol. The van der Waals surface area contributed by atoms with Gasteiger partial charge in [0.1, 0.15) is 6.61 Å². The first-order valence-corrected chi connectivity index (χ1v) is 5.46. The zero-order chi connectivity index (χ0) is 13.0. The summed E-state index contributed by atoms with van der Waals surface area (Å²) in [6.45, 7) is 1.47. The van der Waals surface area contributed by atoms with E-state index in [1.165, 1.54) is 11.6 Å². The fourth-order valence-corrected chi connectivity index (χ4v) is 1.56. The lowest BCUT2D eigenvalue weighted by Crippen LogP contribution is -2.39. The standard InChI is InChI=1S/C12H13N3O3/c1-9(17)13-12-11(8-16)15(14-18-12)7-10-5-3-2-4-6-10/h2-6,16H,7-8H2,1H3. The molecule has 0 radical (unpaired) electrons. The van der Waals surface area contributed by atoms with Crippen LogP contribution in [0.3, 0.4) is 0 Å². The summed E-state index contributed by atoms with van der Waals surface area (Å²) in [6, 6.07) is 9.61. The summed E-state index contributed by atoms with van der Waals surface area (Å²) < 4.78 is 6.42. The number of aliphatic hydroxyl groups excluding tert-OH is 1. The van der Waals surface area contributed by atoms with Crippen LogP contribution in [0.5, 0.6) is 0 Å². The molecule has 2 rings (SSSR count). The quantitative estimate of drug-likeness (QED) is 0.465. The fourth-order valence-electron chi connectivity index (χ4n) is 1.56. The van der Waals surface area contributed by atoms with Gasteiger partial charge in [0, 0.05) is 5.56 Å². The van der Waals surface area contributed by atoms with Crippen molar-refractivity contribution in [2.45, 2.75) is 20.1 Å². The second-order valence-electron chi connectivity index (χ2n) is 3.76. The molecule has 0 atom stereocenters. The van der Waals surface area contributed by atoms with Gasteiger partial charge in [-0.05, 0) is 17.5 Å². The SMILES string of the molecule is C/C([O-])=N/c1on[n+](Cc2ccccc2)c1CO. The van der Waals surface area contributed by atoms with E-state index in [1.54, 1.807) is 0 Å². The Kier molecular flexibility index (Phi) is 3.69. The molecule has 6 nitrogen and oxygen atoms in total.